The van der Waals surface area contributed by atoms with Gasteiger partial charge in [-0.1, -0.05) is 6.07 Å². The molecule has 0 saturated carbocycles. The van der Waals surface area contributed by atoms with Gasteiger partial charge in [-0.05, 0) is 32.9 Å². The summed E-state index contributed by atoms with van der Waals surface area (Å²) in [6, 6.07) is 5.42. The van der Waals surface area contributed by atoms with Gasteiger partial charge in [0.15, 0.2) is 0 Å². The van der Waals surface area contributed by atoms with E-state index in [9.17, 15) is 4.79 Å². The summed E-state index contributed by atoms with van der Waals surface area (Å²) >= 11 is 0. The summed E-state index contributed by atoms with van der Waals surface area (Å²) < 4.78 is 4.99. The molecule has 0 aromatic carbocycles. The number of hydrogen-bond acceptors (Lipinski definition) is 4. The van der Waals surface area contributed by atoms with Crippen molar-refractivity contribution in [2.45, 2.75) is 26.4 Å². The van der Waals surface area contributed by atoms with E-state index in [1.54, 1.807) is 39.1 Å². The van der Waals surface area contributed by atoms with Crippen molar-refractivity contribution in [2.75, 3.05) is 0 Å². The largest absolute Gasteiger partial charge is 0.443 e. The molecule has 1 heterocycles. The van der Waals surface area contributed by atoms with Crippen LogP contribution in [0.1, 0.15) is 26.5 Å². The Morgan fingerprint density at radius 1 is 1.50 bits per heavy atom. The minimum atomic E-state index is -0.584. The lowest BCUT2D eigenvalue weighted by Gasteiger charge is -2.18. The Bertz CT molecular complexity index is 369. The van der Waals surface area contributed by atoms with E-state index in [4.69, 9.17) is 4.74 Å². The molecule has 0 atom stereocenters. The lowest BCUT2D eigenvalue weighted by molar-refractivity contribution is 0.0529. The summed E-state index contributed by atoms with van der Waals surface area (Å²) in [5.41, 5.74) is 2.40. The van der Waals surface area contributed by atoms with Gasteiger partial charge < -0.3 is 4.74 Å². The number of nitrogens with one attached hydrogen (secondary N) is 1. The van der Waals surface area contributed by atoms with Crippen LogP contribution >= 0.6 is 0 Å². The van der Waals surface area contributed by atoms with Gasteiger partial charge in [0.25, 0.3) is 0 Å². The molecule has 0 radical (unpaired) electrons. The molecule has 0 saturated heterocycles. The van der Waals surface area contributed by atoms with E-state index >= 15 is 0 Å². The fourth-order valence-electron chi connectivity index (χ4n) is 0.904. The van der Waals surface area contributed by atoms with E-state index in [0.717, 1.165) is 0 Å². The van der Waals surface area contributed by atoms with Crippen molar-refractivity contribution in [1.82, 2.24) is 10.4 Å². The average Bonchev–Trinajstić information content (AvgIpc) is 2.16. The number of aromatic nitrogens is 1. The zero-order chi connectivity index (χ0) is 12.0. The molecule has 1 rings (SSSR count). The molecule has 86 valence electrons. The fourth-order valence-corrected chi connectivity index (χ4v) is 0.904. The quantitative estimate of drug-likeness (QED) is 0.613. The number of ether oxygens (including phenoxy) is 1. The van der Waals surface area contributed by atoms with Crippen molar-refractivity contribution < 1.29 is 9.53 Å². The maximum atomic E-state index is 11.2. The van der Waals surface area contributed by atoms with Crippen molar-refractivity contribution in [3.05, 3.63) is 30.1 Å². The van der Waals surface area contributed by atoms with Crippen LogP contribution < -0.4 is 5.43 Å². The van der Waals surface area contributed by atoms with Gasteiger partial charge in [0.2, 0.25) is 0 Å². The van der Waals surface area contributed by atoms with Crippen molar-refractivity contribution in [2.24, 2.45) is 5.10 Å². The van der Waals surface area contributed by atoms with E-state index in [2.05, 4.69) is 15.5 Å². The first-order chi connectivity index (χ1) is 7.47. The molecule has 0 aliphatic carbocycles. The minimum Gasteiger partial charge on any atom is -0.443 e. The fraction of sp³-hybridized carbons (Fsp3) is 0.364. The van der Waals surface area contributed by atoms with Crippen LogP contribution in [-0.4, -0.2) is 22.9 Å². The Hall–Kier alpha value is -1.91. The van der Waals surface area contributed by atoms with Crippen molar-refractivity contribution in [3.63, 3.8) is 0 Å². The molecule has 0 spiro atoms. The van der Waals surface area contributed by atoms with E-state index in [1.165, 1.54) is 6.21 Å². The summed E-state index contributed by atoms with van der Waals surface area (Å²) in [6.45, 7) is 5.36. The molecular formula is C11H15N3O2. The van der Waals surface area contributed by atoms with Gasteiger partial charge in [0, 0.05) is 6.20 Å². The highest BCUT2D eigenvalue weighted by molar-refractivity contribution is 5.78. The van der Waals surface area contributed by atoms with Gasteiger partial charge in [-0.25, -0.2) is 10.2 Å². The molecule has 0 aliphatic heterocycles. The van der Waals surface area contributed by atoms with E-state index in [1.807, 2.05) is 6.07 Å². The van der Waals surface area contributed by atoms with Crippen LogP contribution in [0.5, 0.6) is 0 Å². The van der Waals surface area contributed by atoms with Crippen LogP contribution in [0, 0.1) is 0 Å². The molecule has 5 nitrogen and oxygen atoms in total. The van der Waals surface area contributed by atoms with E-state index in [0.29, 0.717) is 5.69 Å². The summed E-state index contributed by atoms with van der Waals surface area (Å²) in [5.74, 6) is 0. The molecule has 1 N–H and O–H groups in total. The van der Waals surface area contributed by atoms with E-state index < -0.39 is 11.7 Å². The highest BCUT2D eigenvalue weighted by Crippen LogP contribution is 2.06. The maximum Gasteiger partial charge on any atom is 0.428 e. The highest BCUT2D eigenvalue weighted by Gasteiger charge is 2.15. The molecule has 5 heteroatoms. The Kier molecular flexibility index (Phi) is 3.99. The zero-order valence-electron chi connectivity index (χ0n) is 9.60. The lowest BCUT2D eigenvalue weighted by Crippen LogP contribution is -2.29. The number of nitrogens with zero attached hydrogens (tertiary/aromatic N) is 2. The Labute approximate surface area is 94.5 Å². The van der Waals surface area contributed by atoms with Crippen LogP contribution in [0.4, 0.5) is 4.79 Å². The average molecular weight is 221 g/mol. The second-order valence-corrected chi connectivity index (χ2v) is 4.13. The third-order valence-electron chi connectivity index (χ3n) is 1.44. The first kappa shape index (κ1) is 12.2. The molecular weight excluding hydrogens is 206 g/mol. The standard InChI is InChI=1S/C11H15N3O2/c1-11(2,3)16-10(15)14-13-8-9-6-4-5-7-12-9/h4-8H,1-3H3,(H,14,15). The van der Waals surface area contributed by atoms with Gasteiger partial charge in [-0.2, -0.15) is 5.10 Å². The number of hydrogen-bond donors (Lipinski definition) is 1. The molecule has 1 aromatic rings. The first-order valence-corrected chi connectivity index (χ1v) is 4.90. The second kappa shape index (κ2) is 5.25. The minimum absolute atomic E-state index is 0.523. The molecule has 16 heavy (non-hydrogen) atoms. The third kappa shape index (κ3) is 5.09. The predicted octanol–water partition coefficient (Wildman–Crippen LogP) is 1.94. The van der Waals surface area contributed by atoms with Crippen molar-refractivity contribution in [1.29, 1.82) is 0 Å². The second-order valence-electron chi connectivity index (χ2n) is 4.13. The van der Waals surface area contributed by atoms with Gasteiger partial charge >= 0.3 is 6.09 Å². The summed E-state index contributed by atoms with van der Waals surface area (Å²) in [4.78, 5) is 15.2. The third-order valence-corrected chi connectivity index (χ3v) is 1.44. The number of pyridine rings is 1. The van der Waals surface area contributed by atoms with Crippen LogP contribution in [0.25, 0.3) is 0 Å². The molecule has 0 bridgehead atoms. The van der Waals surface area contributed by atoms with Crippen molar-refractivity contribution >= 4 is 12.3 Å². The number of carbonyl (C=O) groups excluding carboxylic acids is 1. The SMILES string of the molecule is CC(C)(C)OC(=O)NN=Cc1ccccn1. The van der Waals surface area contributed by atoms with Gasteiger partial charge in [0.05, 0.1) is 11.9 Å². The van der Waals surface area contributed by atoms with Crippen molar-refractivity contribution in [3.8, 4) is 0 Å². The topological polar surface area (TPSA) is 63.6 Å². The normalized spacial score (nSPS) is 11.4. The first-order valence-electron chi connectivity index (χ1n) is 4.90. The van der Waals surface area contributed by atoms with E-state index in [-0.39, 0.29) is 0 Å². The Balaban J connectivity index is 2.41. The predicted molar refractivity (Wildman–Crippen MR) is 61.2 cm³/mol. The van der Waals surface area contributed by atoms with Gasteiger partial charge in [-0.15, -0.1) is 0 Å². The Morgan fingerprint density at radius 2 is 2.25 bits per heavy atom. The van der Waals surface area contributed by atoms with Gasteiger partial charge in [-0.3, -0.25) is 4.98 Å². The zero-order valence-corrected chi connectivity index (χ0v) is 9.60. The molecule has 0 aliphatic rings. The Morgan fingerprint density at radius 3 is 2.81 bits per heavy atom. The van der Waals surface area contributed by atoms with Crippen LogP contribution in [0.2, 0.25) is 0 Å². The van der Waals surface area contributed by atoms with Gasteiger partial charge in [0.1, 0.15) is 5.60 Å². The monoisotopic (exact) mass is 221 g/mol. The van der Waals surface area contributed by atoms with Crippen LogP contribution in [-0.2, 0) is 4.74 Å². The summed E-state index contributed by atoms with van der Waals surface area (Å²) in [5, 5.41) is 3.71. The molecule has 1 amide bonds. The summed E-state index contributed by atoms with van der Waals surface area (Å²) in [6.07, 6.45) is 2.51. The number of hydrazone groups is 1. The summed E-state index contributed by atoms with van der Waals surface area (Å²) in [7, 11) is 0. The molecule has 1 aromatic heterocycles. The molecule has 0 fully saturated rings. The maximum absolute atomic E-state index is 11.2. The van der Waals surface area contributed by atoms with Crippen LogP contribution in [0.3, 0.4) is 0 Å². The number of amides is 1. The van der Waals surface area contributed by atoms with Crippen LogP contribution in [0.15, 0.2) is 29.5 Å². The number of rotatable bonds is 2. The molecule has 0 unspecified atom stereocenters. The number of carbonyl (C=O) groups is 1. The smallest absolute Gasteiger partial charge is 0.428 e. The lowest BCUT2D eigenvalue weighted by atomic mass is 10.2. The highest BCUT2D eigenvalue weighted by atomic mass is 16.6.